The van der Waals surface area contributed by atoms with Crippen molar-refractivity contribution in [3.63, 3.8) is 0 Å². The molecule has 3 aromatic rings. The summed E-state index contributed by atoms with van der Waals surface area (Å²) in [7, 11) is 0. The first-order valence-corrected chi connectivity index (χ1v) is 12.0. The van der Waals surface area contributed by atoms with Gasteiger partial charge in [0.25, 0.3) is 0 Å². The van der Waals surface area contributed by atoms with Crippen LogP contribution in [0.4, 0.5) is 17.5 Å². The minimum absolute atomic E-state index is 0.227. The Kier molecular flexibility index (Phi) is 7.92. The zero-order valence-corrected chi connectivity index (χ0v) is 20.4. The normalized spacial score (nSPS) is 14.8. The minimum atomic E-state index is -0.515. The first-order valence-electron chi connectivity index (χ1n) is 12.0. The van der Waals surface area contributed by atoms with Gasteiger partial charge in [-0.3, -0.25) is 4.79 Å². The van der Waals surface area contributed by atoms with Gasteiger partial charge in [-0.1, -0.05) is 0 Å². The average molecular weight is 488 g/mol. The number of benzene rings is 1. The first kappa shape index (κ1) is 24.9. The minimum Gasteiger partial charge on any atom is -0.487 e. The summed E-state index contributed by atoms with van der Waals surface area (Å²) in [6.07, 6.45) is 3.82. The predicted octanol–water partition coefficient (Wildman–Crippen LogP) is 2.97. The van der Waals surface area contributed by atoms with Crippen molar-refractivity contribution in [3.8, 4) is 23.1 Å². The second-order valence-electron chi connectivity index (χ2n) is 8.32. The Balaban J connectivity index is 1.46. The van der Waals surface area contributed by atoms with Crippen molar-refractivity contribution in [1.82, 2.24) is 19.9 Å². The summed E-state index contributed by atoms with van der Waals surface area (Å²) in [5, 5.41) is 21.9. The van der Waals surface area contributed by atoms with E-state index in [9.17, 15) is 10.1 Å². The van der Waals surface area contributed by atoms with E-state index < -0.39 is 6.61 Å². The largest absolute Gasteiger partial charge is 0.487 e. The number of carbonyl (C=O) groups excluding carboxylic acids is 1. The second kappa shape index (κ2) is 11.5. The van der Waals surface area contributed by atoms with Gasteiger partial charge in [0.1, 0.15) is 30.3 Å². The molecular formula is C26H29N7O3. The number of aromatic nitrogens is 3. The number of nitrogens with zero attached hydrogens (tertiary/aromatic N) is 6. The van der Waals surface area contributed by atoms with E-state index in [4.69, 9.17) is 9.84 Å². The van der Waals surface area contributed by atoms with E-state index in [1.54, 1.807) is 35.5 Å². The van der Waals surface area contributed by atoms with Crippen LogP contribution in [0.25, 0.3) is 11.3 Å². The molecule has 2 N–H and O–H groups in total. The van der Waals surface area contributed by atoms with Crippen LogP contribution in [-0.4, -0.2) is 69.8 Å². The number of nitriles is 1. The van der Waals surface area contributed by atoms with E-state index >= 15 is 0 Å². The molecule has 0 radical (unpaired) electrons. The summed E-state index contributed by atoms with van der Waals surface area (Å²) in [5.74, 6) is 1.47. The molecule has 36 heavy (non-hydrogen) atoms. The Bertz CT molecular complexity index is 1240. The van der Waals surface area contributed by atoms with Crippen molar-refractivity contribution in [2.75, 3.05) is 43.0 Å². The van der Waals surface area contributed by atoms with E-state index in [0.29, 0.717) is 42.5 Å². The molecule has 4 rings (SSSR count). The lowest BCUT2D eigenvalue weighted by atomic mass is 10.1. The van der Waals surface area contributed by atoms with Gasteiger partial charge in [0.2, 0.25) is 11.9 Å². The molecular weight excluding hydrogens is 458 g/mol. The van der Waals surface area contributed by atoms with E-state index in [1.807, 2.05) is 18.2 Å². The van der Waals surface area contributed by atoms with Gasteiger partial charge in [-0.15, -0.1) is 0 Å². The molecule has 10 nitrogen and oxygen atoms in total. The molecule has 1 aromatic carbocycles. The monoisotopic (exact) mass is 487 g/mol. The molecule has 10 heteroatoms. The summed E-state index contributed by atoms with van der Waals surface area (Å²) in [6.45, 7) is 6.36. The Hall–Kier alpha value is -4.23. The van der Waals surface area contributed by atoms with Gasteiger partial charge in [0.05, 0.1) is 29.7 Å². The third-order valence-corrected chi connectivity index (χ3v) is 6.07. The van der Waals surface area contributed by atoms with Crippen molar-refractivity contribution in [1.29, 1.82) is 5.26 Å². The Morgan fingerprint density at radius 2 is 2.08 bits per heavy atom. The fourth-order valence-electron chi connectivity index (χ4n) is 4.11. The highest BCUT2D eigenvalue weighted by molar-refractivity contribution is 5.77. The van der Waals surface area contributed by atoms with E-state index in [0.717, 1.165) is 30.2 Å². The maximum absolute atomic E-state index is 11.7. The number of aliphatic hydroxyl groups excluding tert-OH is 1. The van der Waals surface area contributed by atoms with Crippen LogP contribution in [0.5, 0.6) is 5.75 Å². The summed E-state index contributed by atoms with van der Waals surface area (Å²) in [5.41, 5.74) is 2.56. The fraction of sp³-hybridized carbons (Fsp3) is 0.346. The highest BCUT2D eigenvalue weighted by Gasteiger charge is 2.27. The number of pyridine rings is 1. The first-order chi connectivity index (χ1) is 17.5. The van der Waals surface area contributed by atoms with Gasteiger partial charge in [0.15, 0.2) is 0 Å². The van der Waals surface area contributed by atoms with Gasteiger partial charge in [0, 0.05) is 37.8 Å². The molecule has 186 valence electrons. The lowest BCUT2D eigenvalue weighted by Gasteiger charge is -2.19. The standard InChI is InChI=1S/C26H29N7O3/c1-3-32(4-2)24-8-6-20(15-29-24)30-26-28-11-9-22(31-26)18-5-7-23(19(13-18)14-27)36-21-10-12-33(16-21)25(35)17-34/h5-9,11,13,15,21,34H,3-4,10,12,16-17H2,1-2H3,(H,28,30,31)/t21-/m1/s1. The highest BCUT2D eigenvalue weighted by Crippen LogP contribution is 2.28. The number of amides is 1. The smallest absolute Gasteiger partial charge is 0.248 e. The maximum Gasteiger partial charge on any atom is 0.248 e. The van der Waals surface area contributed by atoms with Crippen molar-refractivity contribution in [3.05, 3.63) is 54.4 Å². The third-order valence-electron chi connectivity index (χ3n) is 6.07. The Morgan fingerprint density at radius 1 is 1.25 bits per heavy atom. The second-order valence-corrected chi connectivity index (χ2v) is 8.32. The number of anilines is 3. The zero-order chi connectivity index (χ0) is 25.5. The number of hydrogen-bond donors (Lipinski definition) is 2. The van der Waals surface area contributed by atoms with E-state index in [2.05, 4.69) is 45.1 Å². The molecule has 1 amide bonds. The Labute approximate surface area is 210 Å². The number of ether oxygens (including phenoxy) is 1. The molecule has 0 unspecified atom stereocenters. The fourth-order valence-corrected chi connectivity index (χ4v) is 4.11. The third kappa shape index (κ3) is 5.70. The van der Waals surface area contributed by atoms with Crippen LogP contribution in [0.15, 0.2) is 48.8 Å². The van der Waals surface area contributed by atoms with Gasteiger partial charge >= 0.3 is 0 Å². The Morgan fingerprint density at radius 3 is 2.78 bits per heavy atom. The molecule has 2 aromatic heterocycles. The van der Waals surface area contributed by atoms with Crippen LogP contribution < -0.4 is 15.0 Å². The van der Waals surface area contributed by atoms with Crippen LogP contribution in [0.2, 0.25) is 0 Å². The maximum atomic E-state index is 11.7. The van der Waals surface area contributed by atoms with E-state index in [-0.39, 0.29) is 12.0 Å². The molecule has 1 atom stereocenters. The van der Waals surface area contributed by atoms with Crippen molar-refractivity contribution in [2.45, 2.75) is 26.4 Å². The summed E-state index contributed by atoms with van der Waals surface area (Å²) in [6, 6.07) is 13.2. The number of likely N-dealkylation sites (tertiary alicyclic amines) is 1. The summed E-state index contributed by atoms with van der Waals surface area (Å²) in [4.78, 5) is 28.8. The van der Waals surface area contributed by atoms with Crippen LogP contribution >= 0.6 is 0 Å². The van der Waals surface area contributed by atoms with Crippen LogP contribution in [0, 0.1) is 11.3 Å². The van der Waals surface area contributed by atoms with Crippen LogP contribution in [0.3, 0.4) is 0 Å². The molecule has 3 heterocycles. The molecule has 0 aliphatic carbocycles. The molecule has 0 bridgehead atoms. The van der Waals surface area contributed by atoms with Gasteiger partial charge in [-0.25, -0.2) is 15.0 Å². The number of aliphatic hydroxyl groups is 1. The van der Waals surface area contributed by atoms with Gasteiger partial charge < -0.3 is 25.0 Å². The quantitative estimate of drug-likeness (QED) is 0.468. The molecule has 1 saturated heterocycles. The van der Waals surface area contributed by atoms with Gasteiger partial charge in [-0.05, 0) is 50.2 Å². The summed E-state index contributed by atoms with van der Waals surface area (Å²) >= 11 is 0. The van der Waals surface area contributed by atoms with Crippen LogP contribution in [-0.2, 0) is 4.79 Å². The number of hydrogen-bond acceptors (Lipinski definition) is 9. The predicted molar refractivity (Wildman–Crippen MR) is 136 cm³/mol. The van der Waals surface area contributed by atoms with Crippen molar-refractivity contribution >= 4 is 23.4 Å². The van der Waals surface area contributed by atoms with E-state index in [1.165, 1.54) is 0 Å². The lowest BCUT2D eigenvalue weighted by Crippen LogP contribution is -2.32. The zero-order valence-electron chi connectivity index (χ0n) is 20.4. The van der Waals surface area contributed by atoms with Crippen LogP contribution in [0.1, 0.15) is 25.8 Å². The summed E-state index contributed by atoms with van der Waals surface area (Å²) < 4.78 is 6.00. The molecule has 0 spiro atoms. The average Bonchev–Trinajstić information content (AvgIpc) is 3.39. The molecule has 1 aliphatic rings. The van der Waals surface area contributed by atoms with Gasteiger partial charge in [-0.2, -0.15) is 5.26 Å². The topological polar surface area (TPSA) is 128 Å². The lowest BCUT2D eigenvalue weighted by molar-refractivity contribution is -0.133. The highest BCUT2D eigenvalue weighted by atomic mass is 16.5. The molecule has 1 aliphatic heterocycles. The molecule has 0 saturated carbocycles. The molecule has 1 fully saturated rings. The SMILES string of the molecule is CCN(CC)c1ccc(Nc2nccc(-c3ccc(O[C@@H]4CCN(C(=O)CO)C4)c(C#N)c3)n2)cn1. The van der Waals surface area contributed by atoms with Crippen molar-refractivity contribution < 1.29 is 14.6 Å². The number of rotatable bonds is 9. The number of nitrogens with one attached hydrogen (secondary N) is 1. The number of carbonyl (C=O) groups is 1. The van der Waals surface area contributed by atoms with Crippen molar-refractivity contribution in [2.24, 2.45) is 0 Å².